The van der Waals surface area contributed by atoms with Crippen LogP contribution in [-0.4, -0.2) is 10.4 Å². The zero-order valence-electron chi connectivity index (χ0n) is 21.2. The Morgan fingerprint density at radius 1 is 0.816 bits per heavy atom. The van der Waals surface area contributed by atoms with Crippen molar-refractivity contribution in [1.29, 1.82) is 0 Å². The summed E-state index contributed by atoms with van der Waals surface area (Å²) in [6, 6.07) is 29.5. The molecule has 2 heterocycles. The number of aromatic nitrogens is 1. The highest BCUT2D eigenvalue weighted by molar-refractivity contribution is 6.08. The Kier molecular flexibility index (Phi) is 5.32. The van der Waals surface area contributed by atoms with Crippen LogP contribution in [0.25, 0.3) is 21.8 Å². The average Bonchev–Trinajstić information content (AvgIpc) is 3.15. The van der Waals surface area contributed by atoms with E-state index >= 15 is 0 Å². The molecule has 1 aliphatic carbocycles. The van der Waals surface area contributed by atoms with Crippen LogP contribution in [0, 0.1) is 5.82 Å². The second-order valence-electron chi connectivity index (χ2n) is 10.3. The molecular weight excluding hydrogens is 473 g/mol. The van der Waals surface area contributed by atoms with Crippen LogP contribution in [0.5, 0.6) is 0 Å². The second kappa shape index (κ2) is 8.88. The molecule has 7 rings (SSSR count). The van der Waals surface area contributed by atoms with Gasteiger partial charge in [0.05, 0.1) is 17.4 Å². The molecule has 2 unspecified atom stereocenters. The standard InChI is InChI=1S/C33H28FN3O/c1-2-37-29-10-6-3-7-24(29)25-17-21(13-16-30(25)37)33-32-28(35-26-8-4-5-9-27(26)36-33)18-22(19-31(32)38)20-11-14-23(34)15-12-20/h3-17,22,33,35-36H,2,18-19H2,1H3. The summed E-state index contributed by atoms with van der Waals surface area (Å²) in [6.07, 6.45) is 1.09. The predicted molar refractivity (Wildman–Crippen MR) is 152 cm³/mol. The van der Waals surface area contributed by atoms with Crippen LogP contribution in [0.1, 0.15) is 42.9 Å². The lowest BCUT2D eigenvalue weighted by Crippen LogP contribution is -2.26. The number of nitrogens with one attached hydrogen (secondary N) is 2. The SMILES string of the molecule is CCn1c2ccccc2c2cc(C3Nc4ccccc4NC4=C3C(=O)CC(c3ccc(F)cc3)C4)ccc21. The number of Topliss-reactive ketones (excluding diaryl/α,β-unsaturated/α-hetero) is 1. The third kappa shape index (κ3) is 3.61. The minimum Gasteiger partial charge on any atom is -0.372 e. The molecule has 2 N–H and O–H groups in total. The normalized spacial score (nSPS) is 19.1. The summed E-state index contributed by atoms with van der Waals surface area (Å²) in [4.78, 5) is 13.9. The molecule has 1 aromatic heterocycles. The number of hydrogen-bond donors (Lipinski definition) is 2. The van der Waals surface area contributed by atoms with Gasteiger partial charge in [-0.05, 0) is 72.9 Å². The Morgan fingerprint density at radius 2 is 1.53 bits per heavy atom. The molecule has 2 aliphatic rings. The van der Waals surface area contributed by atoms with Crippen LogP contribution in [0.2, 0.25) is 0 Å². The topological polar surface area (TPSA) is 46.1 Å². The van der Waals surface area contributed by atoms with Gasteiger partial charge in [-0.3, -0.25) is 4.79 Å². The summed E-state index contributed by atoms with van der Waals surface area (Å²) in [5, 5.41) is 9.72. The van der Waals surface area contributed by atoms with Gasteiger partial charge >= 0.3 is 0 Å². The number of benzene rings is 4. The molecule has 0 spiro atoms. The van der Waals surface area contributed by atoms with Crippen LogP contribution in [0.3, 0.4) is 0 Å². The molecule has 5 aromatic rings. The maximum absolute atomic E-state index is 13.9. The van der Waals surface area contributed by atoms with E-state index in [1.54, 1.807) is 12.1 Å². The third-order valence-corrected chi connectivity index (χ3v) is 8.10. The van der Waals surface area contributed by atoms with Crippen LogP contribution in [-0.2, 0) is 11.3 Å². The number of carbonyl (C=O) groups excluding carboxylic acids is 1. The van der Waals surface area contributed by atoms with E-state index in [9.17, 15) is 9.18 Å². The minimum atomic E-state index is -0.282. The van der Waals surface area contributed by atoms with E-state index in [-0.39, 0.29) is 23.6 Å². The molecule has 0 saturated heterocycles. The fraction of sp³-hybridized carbons (Fsp3) is 0.182. The lowest BCUT2D eigenvalue weighted by molar-refractivity contribution is -0.116. The number of carbonyl (C=O) groups is 1. The number of anilines is 2. The molecule has 2 atom stereocenters. The number of para-hydroxylation sites is 3. The Hall–Kier alpha value is -4.38. The van der Waals surface area contributed by atoms with Crippen molar-refractivity contribution >= 4 is 39.0 Å². The van der Waals surface area contributed by atoms with Crippen molar-refractivity contribution < 1.29 is 9.18 Å². The number of hydrogen-bond acceptors (Lipinski definition) is 3. The average molecular weight is 502 g/mol. The molecule has 1 aliphatic heterocycles. The van der Waals surface area contributed by atoms with Gasteiger partial charge in [-0.1, -0.05) is 48.5 Å². The summed E-state index contributed by atoms with van der Waals surface area (Å²) in [5.41, 5.74) is 8.13. The number of allylic oxidation sites excluding steroid dienone is 1. The van der Waals surface area contributed by atoms with E-state index < -0.39 is 0 Å². The third-order valence-electron chi connectivity index (χ3n) is 8.10. The Labute approximate surface area is 220 Å². The summed E-state index contributed by atoms with van der Waals surface area (Å²) in [5.74, 6) is -0.138. The summed E-state index contributed by atoms with van der Waals surface area (Å²) in [7, 11) is 0. The van der Waals surface area contributed by atoms with Crippen molar-refractivity contribution in [1.82, 2.24) is 4.57 Å². The van der Waals surface area contributed by atoms with Crippen molar-refractivity contribution in [2.45, 2.75) is 38.3 Å². The highest BCUT2D eigenvalue weighted by Gasteiger charge is 2.36. The maximum Gasteiger partial charge on any atom is 0.163 e. The van der Waals surface area contributed by atoms with Crippen molar-refractivity contribution in [2.24, 2.45) is 0 Å². The molecule has 0 bridgehead atoms. The Balaban J connectivity index is 1.38. The van der Waals surface area contributed by atoms with Gasteiger partial charge in [0, 0.05) is 46.0 Å². The lowest BCUT2D eigenvalue weighted by atomic mass is 9.78. The summed E-state index contributed by atoms with van der Waals surface area (Å²) in [6.45, 7) is 3.06. The number of ketones is 1. The van der Waals surface area contributed by atoms with E-state index in [1.807, 2.05) is 18.2 Å². The van der Waals surface area contributed by atoms with Crippen LogP contribution in [0.4, 0.5) is 15.8 Å². The molecule has 0 radical (unpaired) electrons. The van der Waals surface area contributed by atoms with E-state index in [4.69, 9.17) is 0 Å². The molecule has 38 heavy (non-hydrogen) atoms. The second-order valence-corrected chi connectivity index (χ2v) is 10.3. The zero-order chi connectivity index (χ0) is 25.8. The summed E-state index contributed by atoms with van der Waals surface area (Å²) >= 11 is 0. The maximum atomic E-state index is 13.9. The largest absolute Gasteiger partial charge is 0.372 e. The van der Waals surface area contributed by atoms with Gasteiger partial charge in [0.1, 0.15) is 5.82 Å². The fourth-order valence-electron chi connectivity index (χ4n) is 6.30. The van der Waals surface area contributed by atoms with Crippen molar-refractivity contribution in [3.05, 3.63) is 119 Å². The smallest absolute Gasteiger partial charge is 0.163 e. The first-order valence-corrected chi connectivity index (χ1v) is 13.3. The number of rotatable bonds is 3. The number of fused-ring (bicyclic) bond motifs is 4. The monoisotopic (exact) mass is 501 g/mol. The molecule has 4 aromatic carbocycles. The first-order chi connectivity index (χ1) is 18.6. The quantitative estimate of drug-likeness (QED) is 0.264. The first kappa shape index (κ1) is 22.8. The predicted octanol–water partition coefficient (Wildman–Crippen LogP) is 7.93. The van der Waals surface area contributed by atoms with E-state index in [0.29, 0.717) is 12.8 Å². The molecule has 5 heteroatoms. The van der Waals surface area contributed by atoms with E-state index in [2.05, 4.69) is 70.7 Å². The van der Waals surface area contributed by atoms with Crippen LogP contribution in [0.15, 0.2) is 102 Å². The molecular formula is C33H28FN3O. The lowest BCUT2D eigenvalue weighted by Gasteiger charge is -2.30. The van der Waals surface area contributed by atoms with Crippen molar-refractivity contribution in [3.8, 4) is 0 Å². The molecule has 0 amide bonds. The van der Waals surface area contributed by atoms with Crippen LogP contribution < -0.4 is 10.6 Å². The van der Waals surface area contributed by atoms with Gasteiger partial charge in [-0.25, -0.2) is 4.39 Å². The zero-order valence-corrected chi connectivity index (χ0v) is 21.2. The van der Waals surface area contributed by atoms with Crippen molar-refractivity contribution in [2.75, 3.05) is 10.6 Å². The van der Waals surface area contributed by atoms with Gasteiger partial charge in [-0.15, -0.1) is 0 Å². The van der Waals surface area contributed by atoms with Gasteiger partial charge < -0.3 is 15.2 Å². The molecule has 188 valence electrons. The Morgan fingerprint density at radius 3 is 2.34 bits per heavy atom. The van der Waals surface area contributed by atoms with Gasteiger partial charge in [-0.2, -0.15) is 0 Å². The van der Waals surface area contributed by atoms with Gasteiger partial charge in [0.15, 0.2) is 5.78 Å². The van der Waals surface area contributed by atoms with Gasteiger partial charge in [0.2, 0.25) is 0 Å². The molecule has 0 saturated carbocycles. The first-order valence-electron chi connectivity index (χ1n) is 13.3. The summed E-state index contributed by atoms with van der Waals surface area (Å²) < 4.78 is 15.9. The number of halogens is 1. The molecule has 0 fully saturated rings. The highest BCUT2D eigenvalue weighted by atomic mass is 19.1. The highest BCUT2D eigenvalue weighted by Crippen LogP contribution is 2.45. The molecule has 4 nitrogen and oxygen atoms in total. The Bertz CT molecular complexity index is 1750. The van der Waals surface area contributed by atoms with Gasteiger partial charge in [0.25, 0.3) is 0 Å². The van der Waals surface area contributed by atoms with E-state index in [0.717, 1.165) is 40.3 Å². The minimum absolute atomic E-state index is 0.00488. The number of aryl methyl sites for hydroxylation is 1. The van der Waals surface area contributed by atoms with Crippen LogP contribution >= 0.6 is 0 Å². The number of nitrogens with zero attached hydrogens (tertiary/aromatic N) is 1. The van der Waals surface area contributed by atoms with E-state index in [1.165, 1.54) is 33.9 Å². The van der Waals surface area contributed by atoms with Crippen molar-refractivity contribution in [3.63, 3.8) is 0 Å². The fourth-order valence-corrected chi connectivity index (χ4v) is 6.30.